The van der Waals surface area contributed by atoms with Gasteiger partial charge in [-0.15, -0.1) is 0 Å². The van der Waals surface area contributed by atoms with Gasteiger partial charge in [-0.2, -0.15) is 0 Å². The molecule has 1 aromatic heterocycles. The zero-order valence-electron chi connectivity index (χ0n) is 11.6. The Hall–Kier alpha value is -1.91. The lowest BCUT2D eigenvalue weighted by molar-refractivity contribution is 0.414. The number of benzene rings is 2. The molecule has 0 aliphatic heterocycles. The number of aromatic nitrogens is 1. The molecule has 0 spiro atoms. The fourth-order valence-electron chi connectivity index (χ4n) is 2.32. The molecule has 0 amide bonds. The average molecular weight is 343 g/mol. The quantitative estimate of drug-likeness (QED) is 0.780. The van der Waals surface area contributed by atoms with Crippen molar-refractivity contribution >= 4 is 26.8 Å². The molecule has 4 heteroatoms. The second-order valence-corrected chi connectivity index (χ2v) is 5.66. The fraction of sp³-hybridized carbons (Fsp3) is 0.118. The zero-order chi connectivity index (χ0) is 14.8. The first kappa shape index (κ1) is 14.0. The molecule has 0 aliphatic carbocycles. The van der Waals surface area contributed by atoms with Gasteiger partial charge in [0, 0.05) is 9.86 Å². The molecule has 106 valence electrons. The van der Waals surface area contributed by atoms with E-state index in [1.54, 1.807) is 7.11 Å². The summed E-state index contributed by atoms with van der Waals surface area (Å²) in [5, 5.41) is 1.09. The van der Waals surface area contributed by atoms with Gasteiger partial charge in [0.25, 0.3) is 0 Å². The van der Waals surface area contributed by atoms with Gasteiger partial charge in [0.15, 0.2) is 0 Å². The van der Waals surface area contributed by atoms with Crippen molar-refractivity contribution in [1.82, 2.24) is 4.98 Å². The van der Waals surface area contributed by atoms with Crippen molar-refractivity contribution in [3.63, 3.8) is 0 Å². The van der Waals surface area contributed by atoms with Crippen LogP contribution in [-0.4, -0.2) is 12.1 Å². The lowest BCUT2D eigenvalue weighted by Crippen LogP contribution is -2.14. The third-order valence-corrected chi connectivity index (χ3v) is 4.09. The van der Waals surface area contributed by atoms with Gasteiger partial charge in [0.05, 0.1) is 24.4 Å². The molecule has 3 aromatic rings. The van der Waals surface area contributed by atoms with Crippen LogP contribution in [0.3, 0.4) is 0 Å². The minimum Gasteiger partial charge on any atom is -0.497 e. The number of halogens is 1. The highest BCUT2D eigenvalue weighted by Crippen LogP contribution is 2.29. The van der Waals surface area contributed by atoms with Crippen LogP contribution in [0.5, 0.6) is 5.75 Å². The molecule has 0 fully saturated rings. The van der Waals surface area contributed by atoms with E-state index in [0.717, 1.165) is 32.4 Å². The van der Waals surface area contributed by atoms with Crippen LogP contribution in [0.2, 0.25) is 0 Å². The van der Waals surface area contributed by atoms with Crippen LogP contribution < -0.4 is 10.5 Å². The van der Waals surface area contributed by atoms with Gasteiger partial charge in [-0.05, 0) is 45.8 Å². The lowest BCUT2D eigenvalue weighted by Gasteiger charge is -2.15. The molecule has 0 bridgehead atoms. The minimum absolute atomic E-state index is 0.306. The second-order valence-electron chi connectivity index (χ2n) is 4.80. The number of hydrogen-bond donors (Lipinski definition) is 1. The molecule has 0 aliphatic rings. The van der Waals surface area contributed by atoms with Crippen LogP contribution >= 0.6 is 15.9 Å². The Morgan fingerprint density at radius 3 is 2.71 bits per heavy atom. The minimum atomic E-state index is -0.306. The number of pyridine rings is 1. The summed E-state index contributed by atoms with van der Waals surface area (Å²) in [7, 11) is 1.65. The van der Waals surface area contributed by atoms with Gasteiger partial charge in [-0.3, -0.25) is 0 Å². The molecule has 3 rings (SSSR count). The molecule has 21 heavy (non-hydrogen) atoms. The lowest BCUT2D eigenvalue weighted by atomic mass is 10.0. The number of methoxy groups -OCH3 is 1. The molecular formula is C17H15BrN2O. The Morgan fingerprint density at radius 1 is 1.10 bits per heavy atom. The first-order valence-electron chi connectivity index (χ1n) is 6.64. The summed E-state index contributed by atoms with van der Waals surface area (Å²) in [4.78, 5) is 4.69. The largest absolute Gasteiger partial charge is 0.497 e. The maximum absolute atomic E-state index is 6.38. The summed E-state index contributed by atoms with van der Waals surface area (Å²) in [6, 6.07) is 17.5. The Morgan fingerprint density at radius 2 is 1.90 bits per heavy atom. The predicted octanol–water partition coefficient (Wildman–Crippen LogP) is 4.05. The smallest absolute Gasteiger partial charge is 0.119 e. The van der Waals surface area contributed by atoms with Crippen molar-refractivity contribution in [2.45, 2.75) is 6.04 Å². The van der Waals surface area contributed by atoms with Gasteiger partial charge in [-0.25, -0.2) is 4.98 Å². The van der Waals surface area contributed by atoms with Gasteiger partial charge < -0.3 is 10.5 Å². The van der Waals surface area contributed by atoms with Crippen LogP contribution in [0.4, 0.5) is 0 Å². The molecule has 0 radical (unpaired) electrons. The SMILES string of the molecule is COc1cccc(C(N)c2nc3ccccc3cc2Br)c1. The van der Waals surface area contributed by atoms with Crippen LogP contribution in [0.1, 0.15) is 17.3 Å². The van der Waals surface area contributed by atoms with Gasteiger partial charge in [0.1, 0.15) is 5.75 Å². The van der Waals surface area contributed by atoms with E-state index in [1.807, 2.05) is 48.5 Å². The molecule has 0 saturated carbocycles. The molecule has 1 atom stereocenters. The Balaban J connectivity index is 2.08. The third-order valence-electron chi connectivity index (χ3n) is 3.45. The number of fused-ring (bicyclic) bond motifs is 1. The second kappa shape index (κ2) is 5.84. The van der Waals surface area contributed by atoms with E-state index in [1.165, 1.54) is 0 Å². The molecule has 2 N–H and O–H groups in total. The van der Waals surface area contributed by atoms with Crippen molar-refractivity contribution in [3.8, 4) is 5.75 Å². The van der Waals surface area contributed by atoms with E-state index in [2.05, 4.69) is 22.0 Å². The van der Waals surface area contributed by atoms with E-state index < -0.39 is 0 Å². The van der Waals surface area contributed by atoms with E-state index >= 15 is 0 Å². The first-order chi connectivity index (χ1) is 10.2. The maximum atomic E-state index is 6.38. The summed E-state index contributed by atoms with van der Waals surface area (Å²) in [5.41, 5.74) is 9.11. The normalized spacial score (nSPS) is 12.3. The first-order valence-corrected chi connectivity index (χ1v) is 7.43. The standard InChI is InChI=1S/C17H15BrN2O/c1-21-13-7-4-6-12(9-13)16(19)17-14(18)10-11-5-2-3-8-15(11)20-17/h2-10,16H,19H2,1H3. The van der Waals surface area contributed by atoms with E-state index in [-0.39, 0.29) is 6.04 Å². The summed E-state index contributed by atoms with van der Waals surface area (Å²) in [6.07, 6.45) is 0. The van der Waals surface area contributed by atoms with Gasteiger partial charge in [0.2, 0.25) is 0 Å². The summed E-state index contributed by atoms with van der Waals surface area (Å²) in [5.74, 6) is 0.792. The number of rotatable bonds is 3. The highest BCUT2D eigenvalue weighted by atomic mass is 79.9. The van der Waals surface area contributed by atoms with Gasteiger partial charge in [-0.1, -0.05) is 30.3 Å². The molecular weight excluding hydrogens is 328 g/mol. The Kier molecular flexibility index (Phi) is 3.90. The fourth-order valence-corrected chi connectivity index (χ4v) is 2.90. The van der Waals surface area contributed by atoms with E-state index in [9.17, 15) is 0 Å². The highest BCUT2D eigenvalue weighted by Gasteiger charge is 2.15. The Labute approximate surface area is 131 Å². The van der Waals surface area contributed by atoms with Crippen molar-refractivity contribution < 1.29 is 4.74 Å². The average Bonchev–Trinajstić information content (AvgIpc) is 2.53. The maximum Gasteiger partial charge on any atom is 0.119 e. The highest BCUT2D eigenvalue weighted by molar-refractivity contribution is 9.10. The molecule has 1 unspecified atom stereocenters. The third kappa shape index (κ3) is 2.77. The number of para-hydroxylation sites is 1. The zero-order valence-corrected chi connectivity index (χ0v) is 13.2. The van der Waals surface area contributed by atoms with Crippen molar-refractivity contribution in [1.29, 1.82) is 0 Å². The molecule has 3 nitrogen and oxygen atoms in total. The Bertz CT molecular complexity index is 789. The van der Waals surface area contributed by atoms with Crippen molar-refractivity contribution in [3.05, 3.63) is 70.3 Å². The van der Waals surface area contributed by atoms with Crippen molar-refractivity contribution in [2.24, 2.45) is 5.73 Å². The van der Waals surface area contributed by atoms with Crippen LogP contribution in [0, 0.1) is 0 Å². The van der Waals surface area contributed by atoms with E-state index in [4.69, 9.17) is 15.5 Å². The van der Waals surface area contributed by atoms with Crippen molar-refractivity contribution in [2.75, 3.05) is 7.11 Å². The summed E-state index contributed by atoms with van der Waals surface area (Å²) in [6.45, 7) is 0. The number of ether oxygens (including phenoxy) is 1. The summed E-state index contributed by atoms with van der Waals surface area (Å²) < 4.78 is 6.17. The van der Waals surface area contributed by atoms with Crippen LogP contribution in [0.25, 0.3) is 10.9 Å². The monoisotopic (exact) mass is 342 g/mol. The van der Waals surface area contributed by atoms with Crippen LogP contribution in [-0.2, 0) is 0 Å². The summed E-state index contributed by atoms with van der Waals surface area (Å²) >= 11 is 3.58. The molecule has 0 saturated heterocycles. The molecule has 2 aromatic carbocycles. The van der Waals surface area contributed by atoms with E-state index in [0.29, 0.717) is 0 Å². The number of nitrogens with zero attached hydrogens (tertiary/aromatic N) is 1. The topological polar surface area (TPSA) is 48.1 Å². The predicted molar refractivity (Wildman–Crippen MR) is 88.5 cm³/mol. The van der Waals surface area contributed by atoms with Gasteiger partial charge >= 0.3 is 0 Å². The molecule has 1 heterocycles. The number of nitrogens with two attached hydrogens (primary N) is 1. The van der Waals surface area contributed by atoms with Crippen LogP contribution in [0.15, 0.2) is 59.1 Å². The number of hydrogen-bond acceptors (Lipinski definition) is 3.